The minimum atomic E-state index is 0.510. The Morgan fingerprint density at radius 1 is 1.31 bits per heavy atom. The van der Waals surface area contributed by atoms with Gasteiger partial charge >= 0.3 is 0 Å². The number of benzene rings is 1. The molecule has 0 aliphatic carbocycles. The van der Waals surface area contributed by atoms with E-state index in [1.165, 1.54) is 11.6 Å². The van der Waals surface area contributed by atoms with Gasteiger partial charge < -0.3 is 5.32 Å². The van der Waals surface area contributed by atoms with Crippen molar-refractivity contribution in [2.45, 2.75) is 26.2 Å². The Labute approximate surface area is 81.2 Å². The molecule has 1 aromatic rings. The summed E-state index contributed by atoms with van der Waals surface area (Å²) >= 11 is 0. The summed E-state index contributed by atoms with van der Waals surface area (Å²) in [5.41, 5.74) is 1.38. The van der Waals surface area contributed by atoms with E-state index in [4.69, 9.17) is 0 Å². The molecule has 0 spiro atoms. The fourth-order valence-corrected chi connectivity index (χ4v) is 1.64. The first-order chi connectivity index (χ1) is 6.29. The van der Waals surface area contributed by atoms with E-state index in [1.54, 1.807) is 0 Å². The second-order valence-corrected chi connectivity index (χ2v) is 3.26. The molecule has 0 heterocycles. The van der Waals surface area contributed by atoms with Crippen LogP contribution in [-0.2, 0) is 0 Å². The first-order valence-electron chi connectivity index (χ1n) is 4.88. The van der Waals surface area contributed by atoms with Crippen LogP contribution in [0, 0.1) is 6.04 Å². The maximum atomic E-state index is 3.27. The van der Waals surface area contributed by atoms with Gasteiger partial charge in [-0.2, -0.15) is 0 Å². The maximum Gasteiger partial charge on any atom is 0.0431 e. The molecule has 13 heavy (non-hydrogen) atoms. The van der Waals surface area contributed by atoms with Gasteiger partial charge in [0.05, 0.1) is 0 Å². The van der Waals surface area contributed by atoms with Crippen molar-refractivity contribution in [2.24, 2.45) is 0 Å². The van der Waals surface area contributed by atoms with Crippen LogP contribution in [0.15, 0.2) is 30.3 Å². The third-order valence-corrected chi connectivity index (χ3v) is 2.52. The van der Waals surface area contributed by atoms with E-state index < -0.39 is 0 Å². The zero-order chi connectivity index (χ0) is 9.68. The van der Waals surface area contributed by atoms with E-state index in [1.807, 2.05) is 7.05 Å². The van der Waals surface area contributed by atoms with Gasteiger partial charge in [0.2, 0.25) is 0 Å². The largest absolute Gasteiger partial charge is 0.312 e. The van der Waals surface area contributed by atoms with Crippen LogP contribution in [0.1, 0.15) is 31.7 Å². The van der Waals surface area contributed by atoms with Crippen LogP contribution in [0.3, 0.4) is 0 Å². The lowest BCUT2D eigenvalue weighted by atomic mass is 9.92. The molecule has 1 atom stereocenters. The monoisotopic (exact) mass is 176 g/mol. The zero-order valence-electron chi connectivity index (χ0n) is 8.67. The molecule has 1 aromatic carbocycles. The summed E-state index contributed by atoms with van der Waals surface area (Å²) in [6.07, 6.45) is 1.09. The molecule has 1 rings (SSSR count). The van der Waals surface area contributed by atoms with Crippen LogP contribution in [0.4, 0.5) is 0 Å². The first-order valence-corrected chi connectivity index (χ1v) is 4.88. The van der Waals surface area contributed by atoms with Gasteiger partial charge in [-0.25, -0.2) is 0 Å². The number of rotatable bonds is 4. The molecular formula is C12H18N. The number of likely N-dealkylation sites (N-methyl/N-ethyl adjacent to an activating group) is 1. The van der Waals surface area contributed by atoms with Crippen LogP contribution in [0.2, 0.25) is 0 Å². The molecule has 1 unspecified atom stereocenters. The average Bonchev–Trinajstić information content (AvgIpc) is 2.21. The quantitative estimate of drug-likeness (QED) is 0.743. The van der Waals surface area contributed by atoms with Crippen molar-refractivity contribution in [3.05, 3.63) is 41.9 Å². The van der Waals surface area contributed by atoms with Crippen molar-refractivity contribution in [1.29, 1.82) is 0 Å². The molecule has 0 saturated carbocycles. The highest BCUT2D eigenvalue weighted by molar-refractivity contribution is 5.23. The standard InChI is InChI=1S/C12H18N/c1-4-12(13-3)10(2)11-8-6-5-7-9-11/h5-10,13H,4H2,1-3H3. The highest BCUT2D eigenvalue weighted by Gasteiger charge is 2.15. The third kappa shape index (κ3) is 2.56. The van der Waals surface area contributed by atoms with Crippen molar-refractivity contribution < 1.29 is 0 Å². The molecule has 0 fully saturated rings. The van der Waals surface area contributed by atoms with E-state index in [0.717, 1.165) is 6.42 Å². The van der Waals surface area contributed by atoms with E-state index in [9.17, 15) is 0 Å². The van der Waals surface area contributed by atoms with Gasteiger partial charge in [-0.3, -0.25) is 0 Å². The molecule has 0 aliphatic heterocycles. The summed E-state index contributed by atoms with van der Waals surface area (Å²) in [5.74, 6) is 0.510. The second kappa shape index (κ2) is 5.03. The zero-order valence-corrected chi connectivity index (χ0v) is 8.67. The smallest absolute Gasteiger partial charge is 0.0431 e. The Bertz CT molecular complexity index is 226. The molecule has 0 saturated heterocycles. The third-order valence-electron chi connectivity index (χ3n) is 2.52. The number of hydrogen-bond acceptors (Lipinski definition) is 1. The Balaban J connectivity index is 2.72. The van der Waals surface area contributed by atoms with Gasteiger partial charge in [0.25, 0.3) is 0 Å². The molecule has 0 aliphatic rings. The van der Waals surface area contributed by atoms with Crippen molar-refractivity contribution in [2.75, 3.05) is 7.05 Å². The van der Waals surface area contributed by atoms with Crippen LogP contribution in [0.25, 0.3) is 0 Å². The van der Waals surface area contributed by atoms with Gasteiger partial charge in [0.15, 0.2) is 0 Å². The van der Waals surface area contributed by atoms with Crippen molar-refractivity contribution >= 4 is 0 Å². The topological polar surface area (TPSA) is 12.0 Å². The molecule has 1 heteroatoms. The Hall–Kier alpha value is -0.820. The Morgan fingerprint density at radius 2 is 1.92 bits per heavy atom. The van der Waals surface area contributed by atoms with E-state index in [0.29, 0.717) is 5.92 Å². The number of nitrogens with one attached hydrogen (secondary N) is 1. The highest BCUT2D eigenvalue weighted by atomic mass is 14.9. The van der Waals surface area contributed by atoms with Gasteiger partial charge in [-0.15, -0.1) is 0 Å². The van der Waals surface area contributed by atoms with E-state index >= 15 is 0 Å². The predicted molar refractivity (Wildman–Crippen MR) is 57.5 cm³/mol. The fourth-order valence-electron chi connectivity index (χ4n) is 1.64. The molecule has 0 aromatic heterocycles. The normalized spacial score (nSPS) is 13.2. The minimum Gasteiger partial charge on any atom is -0.312 e. The summed E-state index contributed by atoms with van der Waals surface area (Å²) in [5, 5.41) is 3.27. The highest BCUT2D eigenvalue weighted by Crippen LogP contribution is 2.25. The molecule has 0 amide bonds. The summed E-state index contributed by atoms with van der Waals surface area (Å²) in [6, 6.07) is 12.0. The van der Waals surface area contributed by atoms with Gasteiger partial charge in [0.1, 0.15) is 0 Å². The van der Waals surface area contributed by atoms with Crippen LogP contribution >= 0.6 is 0 Å². The lowest BCUT2D eigenvalue weighted by molar-refractivity contribution is 0.613. The molecule has 0 bridgehead atoms. The van der Waals surface area contributed by atoms with E-state index in [2.05, 4.69) is 49.5 Å². The van der Waals surface area contributed by atoms with Crippen LogP contribution < -0.4 is 5.32 Å². The summed E-state index contributed by atoms with van der Waals surface area (Å²) < 4.78 is 0. The first kappa shape index (κ1) is 10.3. The van der Waals surface area contributed by atoms with Gasteiger partial charge in [0, 0.05) is 12.0 Å². The minimum absolute atomic E-state index is 0.510. The fraction of sp³-hybridized carbons (Fsp3) is 0.417. The molecule has 71 valence electrons. The van der Waals surface area contributed by atoms with E-state index in [-0.39, 0.29) is 0 Å². The maximum absolute atomic E-state index is 3.27. The summed E-state index contributed by atoms with van der Waals surface area (Å²) in [6.45, 7) is 4.43. The van der Waals surface area contributed by atoms with Crippen molar-refractivity contribution in [1.82, 2.24) is 5.32 Å². The SMILES string of the molecule is CC[C](NC)C(C)c1ccccc1. The number of hydrogen-bond donors (Lipinski definition) is 1. The molecule has 1 radical (unpaired) electrons. The van der Waals surface area contributed by atoms with Crippen molar-refractivity contribution in [3.63, 3.8) is 0 Å². The summed E-state index contributed by atoms with van der Waals surface area (Å²) in [7, 11) is 2.00. The Kier molecular flexibility index (Phi) is 3.97. The molecule has 1 nitrogen and oxygen atoms in total. The van der Waals surface area contributed by atoms with Gasteiger partial charge in [-0.05, 0) is 19.0 Å². The Morgan fingerprint density at radius 3 is 2.38 bits per heavy atom. The lowest BCUT2D eigenvalue weighted by Gasteiger charge is -2.21. The molecular weight excluding hydrogens is 158 g/mol. The second-order valence-electron chi connectivity index (χ2n) is 3.26. The van der Waals surface area contributed by atoms with Crippen LogP contribution in [0.5, 0.6) is 0 Å². The lowest BCUT2D eigenvalue weighted by Crippen LogP contribution is -2.21. The van der Waals surface area contributed by atoms with Crippen LogP contribution in [-0.4, -0.2) is 7.05 Å². The van der Waals surface area contributed by atoms with Gasteiger partial charge in [-0.1, -0.05) is 44.2 Å². The predicted octanol–water partition coefficient (Wildman–Crippen LogP) is 2.95. The average molecular weight is 176 g/mol. The summed E-state index contributed by atoms with van der Waals surface area (Å²) in [4.78, 5) is 0. The van der Waals surface area contributed by atoms with Crippen molar-refractivity contribution in [3.8, 4) is 0 Å². The molecule has 1 N–H and O–H groups in total.